The second-order valence-corrected chi connectivity index (χ2v) is 4.96. The molecule has 0 aliphatic carbocycles. The molecule has 0 bridgehead atoms. The molecule has 0 aromatic carbocycles. The molecule has 0 fully saturated rings. The minimum atomic E-state index is -0.772. The number of carbonyl (C=O) groups excluding carboxylic acids is 2. The van der Waals surface area contributed by atoms with Crippen molar-refractivity contribution >= 4 is 12.0 Å². The maximum absolute atomic E-state index is 11.8. The number of hydrogen-bond donors (Lipinski definition) is 0. The Bertz CT molecular complexity index is 397. The standard InChI is InChI=1S/C11H16N2O5/c1-11(2,3)18-10(15)13-8(4-5-9(13)14)6-7-12(16)17/h4-5,8H,6-7H2,1-3H3/t8-/m0/s1. The predicted octanol–water partition coefficient (Wildman–Crippen LogP) is 1.36. The van der Waals surface area contributed by atoms with Gasteiger partial charge in [-0.05, 0) is 20.8 Å². The SMILES string of the molecule is CC(C)(C)OC(=O)N1C(=O)C=C[C@H]1CC[N+](=O)[O-]. The van der Waals surface area contributed by atoms with E-state index in [1.165, 1.54) is 12.2 Å². The largest absolute Gasteiger partial charge is 0.443 e. The molecule has 0 N–H and O–H groups in total. The van der Waals surface area contributed by atoms with E-state index in [1.807, 2.05) is 0 Å². The molecule has 0 aromatic rings. The topological polar surface area (TPSA) is 89.8 Å². The van der Waals surface area contributed by atoms with Crippen LogP contribution in [0.5, 0.6) is 0 Å². The zero-order chi connectivity index (χ0) is 13.9. The van der Waals surface area contributed by atoms with Crippen molar-refractivity contribution in [3.63, 3.8) is 0 Å². The van der Waals surface area contributed by atoms with Gasteiger partial charge in [-0.15, -0.1) is 0 Å². The van der Waals surface area contributed by atoms with Gasteiger partial charge in [0.05, 0.1) is 6.04 Å². The maximum atomic E-state index is 11.8. The first-order valence-corrected chi connectivity index (χ1v) is 5.57. The fourth-order valence-corrected chi connectivity index (χ4v) is 1.52. The highest BCUT2D eigenvalue weighted by Crippen LogP contribution is 2.19. The van der Waals surface area contributed by atoms with Gasteiger partial charge in [-0.2, -0.15) is 0 Å². The molecule has 0 aromatic heterocycles. The second-order valence-electron chi connectivity index (χ2n) is 4.96. The van der Waals surface area contributed by atoms with Crippen molar-refractivity contribution in [1.82, 2.24) is 4.90 Å². The summed E-state index contributed by atoms with van der Waals surface area (Å²) in [4.78, 5) is 34.1. The quantitative estimate of drug-likeness (QED) is 0.561. The second kappa shape index (κ2) is 5.16. The Morgan fingerprint density at radius 1 is 1.56 bits per heavy atom. The number of hydrogen-bond acceptors (Lipinski definition) is 5. The monoisotopic (exact) mass is 256 g/mol. The summed E-state index contributed by atoms with van der Waals surface area (Å²) < 4.78 is 5.09. The van der Waals surface area contributed by atoms with E-state index in [9.17, 15) is 19.7 Å². The van der Waals surface area contributed by atoms with Crippen LogP contribution in [0.3, 0.4) is 0 Å². The summed E-state index contributed by atoms with van der Waals surface area (Å²) in [5.41, 5.74) is -0.715. The lowest BCUT2D eigenvalue weighted by atomic mass is 10.2. The minimum Gasteiger partial charge on any atom is -0.443 e. The molecule has 0 unspecified atom stereocenters. The first-order valence-electron chi connectivity index (χ1n) is 5.57. The molecule has 1 aliphatic rings. The third-order valence-electron chi connectivity index (χ3n) is 2.23. The van der Waals surface area contributed by atoms with Crippen LogP contribution in [0.1, 0.15) is 27.2 Å². The zero-order valence-electron chi connectivity index (χ0n) is 10.6. The van der Waals surface area contributed by atoms with Crippen molar-refractivity contribution in [3.8, 4) is 0 Å². The van der Waals surface area contributed by atoms with E-state index < -0.39 is 28.6 Å². The molecule has 100 valence electrons. The third-order valence-corrected chi connectivity index (χ3v) is 2.23. The molecule has 0 spiro atoms. The summed E-state index contributed by atoms with van der Waals surface area (Å²) in [7, 11) is 0. The molecule has 7 nitrogen and oxygen atoms in total. The highest BCUT2D eigenvalue weighted by molar-refractivity contribution is 6.01. The Kier molecular flexibility index (Phi) is 4.05. The first kappa shape index (κ1) is 14.1. The van der Waals surface area contributed by atoms with Crippen LogP contribution in [0.15, 0.2) is 12.2 Å². The summed E-state index contributed by atoms with van der Waals surface area (Å²) in [6.45, 7) is 4.75. The van der Waals surface area contributed by atoms with Crippen molar-refractivity contribution in [1.29, 1.82) is 0 Å². The van der Waals surface area contributed by atoms with E-state index in [0.717, 1.165) is 4.90 Å². The number of imide groups is 1. The number of nitrogens with zero attached hydrogens (tertiary/aromatic N) is 2. The molecule has 0 saturated carbocycles. The van der Waals surface area contributed by atoms with Crippen LogP contribution in [0.2, 0.25) is 0 Å². The van der Waals surface area contributed by atoms with Gasteiger partial charge < -0.3 is 4.74 Å². The first-order chi connectivity index (χ1) is 8.20. The van der Waals surface area contributed by atoms with Gasteiger partial charge in [0, 0.05) is 17.4 Å². The Balaban J connectivity index is 2.69. The molecule has 18 heavy (non-hydrogen) atoms. The van der Waals surface area contributed by atoms with Crippen molar-refractivity contribution in [2.45, 2.75) is 38.8 Å². The lowest BCUT2D eigenvalue weighted by molar-refractivity contribution is -0.480. The molecule has 2 amide bonds. The van der Waals surface area contributed by atoms with E-state index >= 15 is 0 Å². The molecule has 1 heterocycles. The van der Waals surface area contributed by atoms with Gasteiger partial charge >= 0.3 is 6.09 Å². The van der Waals surface area contributed by atoms with Gasteiger partial charge in [-0.25, -0.2) is 9.69 Å². The normalized spacial score (nSPS) is 19.2. The summed E-state index contributed by atoms with van der Waals surface area (Å²) in [6, 6.07) is -0.599. The number of amides is 2. The van der Waals surface area contributed by atoms with E-state index in [0.29, 0.717) is 0 Å². The van der Waals surface area contributed by atoms with Crippen LogP contribution in [0.4, 0.5) is 4.79 Å². The highest BCUT2D eigenvalue weighted by Gasteiger charge is 2.35. The van der Waals surface area contributed by atoms with Crippen molar-refractivity contribution < 1.29 is 19.2 Å². The third kappa shape index (κ3) is 3.83. The Hall–Kier alpha value is -1.92. The van der Waals surface area contributed by atoms with E-state index in [4.69, 9.17) is 4.74 Å². The van der Waals surface area contributed by atoms with Crippen LogP contribution in [-0.4, -0.2) is 40.0 Å². The van der Waals surface area contributed by atoms with Crippen molar-refractivity contribution in [3.05, 3.63) is 22.3 Å². The number of rotatable bonds is 3. The minimum absolute atomic E-state index is 0.0917. The van der Waals surface area contributed by atoms with E-state index in [2.05, 4.69) is 0 Å². The average Bonchev–Trinajstić information content (AvgIpc) is 2.53. The van der Waals surface area contributed by atoms with Crippen LogP contribution in [0, 0.1) is 10.1 Å². The average molecular weight is 256 g/mol. The van der Waals surface area contributed by atoms with Gasteiger partial charge in [-0.3, -0.25) is 14.9 Å². The molecule has 1 rings (SSSR count). The number of carbonyl (C=O) groups is 2. The zero-order valence-corrected chi connectivity index (χ0v) is 10.6. The number of nitro groups is 1. The Morgan fingerprint density at radius 2 is 2.17 bits per heavy atom. The molecule has 1 aliphatic heterocycles. The molecule has 1 atom stereocenters. The maximum Gasteiger partial charge on any atom is 0.417 e. The fourth-order valence-electron chi connectivity index (χ4n) is 1.52. The van der Waals surface area contributed by atoms with E-state index in [-0.39, 0.29) is 13.0 Å². The van der Waals surface area contributed by atoms with Crippen LogP contribution >= 0.6 is 0 Å². The molecular formula is C11H16N2O5. The van der Waals surface area contributed by atoms with Gasteiger partial charge in [0.1, 0.15) is 5.60 Å². The van der Waals surface area contributed by atoms with Crippen LogP contribution in [-0.2, 0) is 9.53 Å². The molecule has 0 radical (unpaired) electrons. The molecule has 0 saturated heterocycles. The number of ether oxygens (including phenoxy) is 1. The van der Waals surface area contributed by atoms with Gasteiger partial charge in [0.2, 0.25) is 6.54 Å². The van der Waals surface area contributed by atoms with E-state index in [1.54, 1.807) is 20.8 Å². The van der Waals surface area contributed by atoms with Crippen LogP contribution < -0.4 is 0 Å². The predicted molar refractivity (Wildman–Crippen MR) is 62.5 cm³/mol. The summed E-state index contributed by atoms with van der Waals surface area (Å²) in [6.07, 6.45) is 2.03. The Morgan fingerprint density at radius 3 is 2.67 bits per heavy atom. The lowest BCUT2D eigenvalue weighted by Gasteiger charge is -2.26. The van der Waals surface area contributed by atoms with Gasteiger partial charge in [0.25, 0.3) is 5.91 Å². The molecular weight excluding hydrogens is 240 g/mol. The van der Waals surface area contributed by atoms with Crippen molar-refractivity contribution in [2.75, 3.05) is 6.54 Å². The van der Waals surface area contributed by atoms with Gasteiger partial charge in [-0.1, -0.05) is 6.08 Å². The lowest BCUT2D eigenvalue weighted by Crippen LogP contribution is -2.43. The Labute approximate surface area is 105 Å². The summed E-state index contributed by atoms with van der Waals surface area (Å²) in [5.74, 6) is -0.502. The fraction of sp³-hybridized carbons (Fsp3) is 0.636. The van der Waals surface area contributed by atoms with Crippen molar-refractivity contribution in [2.24, 2.45) is 0 Å². The smallest absolute Gasteiger partial charge is 0.417 e. The van der Waals surface area contributed by atoms with Crippen LogP contribution in [0.25, 0.3) is 0 Å². The summed E-state index contributed by atoms with van der Waals surface area (Å²) in [5, 5.41) is 10.3. The summed E-state index contributed by atoms with van der Waals surface area (Å²) >= 11 is 0. The van der Waals surface area contributed by atoms with Gasteiger partial charge in [0.15, 0.2) is 0 Å². The highest BCUT2D eigenvalue weighted by atomic mass is 16.6. The molecule has 7 heteroatoms.